The van der Waals surface area contributed by atoms with Crippen LogP contribution in [0.2, 0.25) is 0 Å². The fourth-order valence-electron chi connectivity index (χ4n) is 3.60. The van der Waals surface area contributed by atoms with Crippen molar-refractivity contribution in [2.24, 2.45) is 0 Å². The summed E-state index contributed by atoms with van der Waals surface area (Å²) in [6, 6.07) is 15.1. The highest BCUT2D eigenvalue weighted by atomic mass is 16.7. The molecule has 2 aromatic carbocycles. The molecular weight excluding hydrogens is 272 g/mol. The Balaban J connectivity index is 1.93. The van der Waals surface area contributed by atoms with E-state index in [1.54, 1.807) is 0 Å². The molecule has 1 atom stereocenters. The van der Waals surface area contributed by atoms with E-state index in [4.69, 9.17) is 9.47 Å². The molecule has 0 saturated carbocycles. The van der Waals surface area contributed by atoms with Gasteiger partial charge in [-0.3, -0.25) is 0 Å². The number of rotatable bonds is 5. The van der Waals surface area contributed by atoms with E-state index < -0.39 is 0 Å². The predicted molar refractivity (Wildman–Crippen MR) is 90.9 cm³/mol. The van der Waals surface area contributed by atoms with Crippen molar-refractivity contribution in [3.63, 3.8) is 0 Å². The summed E-state index contributed by atoms with van der Waals surface area (Å²) < 4.78 is 12.6. The molecule has 1 heterocycles. The Morgan fingerprint density at radius 3 is 2.50 bits per heavy atom. The SMILES string of the molecule is CCCC1(CCC)OCCC(c2cccc3ccccc23)O1. The van der Waals surface area contributed by atoms with E-state index in [9.17, 15) is 0 Å². The van der Waals surface area contributed by atoms with Crippen LogP contribution in [0.1, 0.15) is 57.6 Å². The van der Waals surface area contributed by atoms with E-state index >= 15 is 0 Å². The van der Waals surface area contributed by atoms with Crippen molar-refractivity contribution in [3.05, 3.63) is 48.0 Å². The van der Waals surface area contributed by atoms with E-state index in [0.29, 0.717) is 0 Å². The molecule has 0 aliphatic carbocycles. The standard InChI is InChI=1S/C20H26O2/c1-3-13-20(14-4-2)21-15-12-19(22-20)18-11-7-9-16-8-5-6-10-17(16)18/h5-11,19H,3-4,12-15H2,1-2H3. The lowest BCUT2D eigenvalue weighted by atomic mass is 9.96. The summed E-state index contributed by atoms with van der Waals surface area (Å²) in [5.74, 6) is -0.386. The number of hydrogen-bond acceptors (Lipinski definition) is 2. The molecule has 1 fully saturated rings. The number of ether oxygens (including phenoxy) is 2. The van der Waals surface area contributed by atoms with E-state index in [1.165, 1.54) is 16.3 Å². The summed E-state index contributed by atoms with van der Waals surface area (Å²) in [5.41, 5.74) is 1.30. The molecule has 22 heavy (non-hydrogen) atoms. The lowest BCUT2D eigenvalue weighted by Crippen LogP contribution is -2.41. The second-order valence-electron chi connectivity index (χ2n) is 6.22. The second kappa shape index (κ2) is 6.80. The summed E-state index contributed by atoms with van der Waals surface area (Å²) in [5, 5.41) is 2.59. The van der Waals surface area contributed by atoms with Gasteiger partial charge in [0.25, 0.3) is 0 Å². The number of fused-ring (bicyclic) bond motifs is 1. The first-order valence-corrected chi connectivity index (χ1v) is 8.57. The number of benzene rings is 2. The fraction of sp³-hybridized carbons (Fsp3) is 0.500. The molecule has 0 amide bonds. The van der Waals surface area contributed by atoms with Gasteiger partial charge < -0.3 is 9.47 Å². The quantitative estimate of drug-likeness (QED) is 0.714. The zero-order valence-corrected chi connectivity index (χ0v) is 13.7. The molecule has 1 saturated heterocycles. The lowest BCUT2D eigenvalue weighted by Gasteiger charge is -2.41. The molecule has 0 N–H and O–H groups in total. The van der Waals surface area contributed by atoms with Gasteiger partial charge in [0.05, 0.1) is 12.7 Å². The molecule has 1 unspecified atom stereocenters. The maximum atomic E-state index is 6.53. The zero-order valence-electron chi connectivity index (χ0n) is 13.7. The third-order valence-electron chi connectivity index (χ3n) is 4.53. The Labute approximate surface area is 133 Å². The summed E-state index contributed by atoms with van der Waals surface area (Å²) >= 11 is 0. The van der Waals surface area contributed by atoms with Gasteiger partial charge in [-0.05, 0) is 16.3 Å². The van der Waals surface area contributed by atoms with Crippen LogP contribution in [0.5, 0.6) is 0 Å². The van der Waals surface area contributed by atoms with Crippen LogP contribution < -0.4 is 0 Å². The Morgan fingerprint density at radius 2 is 1.73 bits per heavy atom. The molecule has 2 nitrogen and oxygen atoms in total. The Morgan fingerprint density at radius 1 is 1.00 bits per heavy atom. The van der Waals surface area contributed by atoms with Crippen molar-refractivity contribution >= 4 is 10.8 Å². The van der Waals surface area contributed by atoms with E-state index in [1.807, 2.05) is 0 Å². The third kappa shape index (κ3) is 3.04. The van der Waals surface area contributed by atoms with Gasteiger partial charge >= 0.3 is 0 Å². The van der Waals surface area contributed by atoms with Crippen molar-refractivity contribution in [2.75, 3.05) is 6.61 Å². The van der Waals surface area contributed by atoms with Crippen LogP contribution in [0.15, 0.2) is 42.5 Å². The average Bonchev–Trinajstić information content (AvgIpc) is 2.55. The highest BCUT2D eigenvalue weighted by molar-refractivity contribution is 5.86. The molecule has 1 aliphatic rings. The van der Waals surface area contributed by atoms with Crippen LogP contribution in [0, 0.1) is 0 Å². The van der Waals surface area contributed by atoms with Gasteiger partial charge in [-0.2, -0.15) is 0 Å². The van der Waals surface area contributed by atoms with Gasteiger partial charge in [0.2, 0.25) is 0 Å². The molecule has 2 heteroatoms. The molecule has 0 bridgehead atoms. The maximum Gasteiger partial charge on any atom is 0.169 e. The van der Waals surface area contributed by atoms with E-state index in [2.05, 4.69) is 56.3 Å². The Kier molecular flexibility index (Phi) is 4.80. The van der Waals surface area contributed by atoms with Crippen LogP contribution in [-0.4, -0.2) is 12.4 Å². The minimum absolute atomic E-state index is 0.137. The summed E-state index contributed by atoms with van der Waals surface area (Å²) in [6.45, 7) is 5.19. The van der Waals surface area contributed by atoms with E-state index in [0.717, 1.165) is 38.7 Å². The first-order chi connectivity index (χ1) is 10.8. The van der Waals surface area contributed by atoms with Gasteiger partial charge in [0, 0.05) is 19.3 Å². The molecular formula is C20H26O2. The van der Waals surface area contributed by atoms with Crippen molar-refractivity contribution in [1.29, 1.82) is 0 Å². The van der Waals surface area contributed by atoms with Gasteiger partial charge in [0.1, 0.15) is 0 Å². The zero-order chi connectivity index (χ0) is 15.4. The van der Waals surface area contributed by atoms with Gasteiger partial charge in [-0.25, -0.2) is 0 Å². The van der Waals surface area contributed by atoms with Crippen molar-refractivity contribution in [2.45, 2.75) is 57.8 Å². The summed E-state index contributed by atoms with van der Waals surface area (Å²) in [7, 11) is 0. The van der Waals surface area contributed by atoms with Gasteiger partial charge in [0.15, 0.2) is 5.79 Å². The van der Waals surface area contributed by atoms with Gasteiger partial charge in [-0.15, -0.1) is 0 Å². The normalized spacial score (nSPS) is 21.1. The molecule has 1 aliphatic heterocycles. The monoisotopic (exact) mass is 298 g/mol. The highest BCUT2D eigenvalue weighted by Gasteiger charge is 2.37. The third-order valence-corrected chi connectivity index (χ3v) is 4.53. The van der Waals surface area contributed by atoms with Crippen molar-refractivity contribution < 1.29 is 9.47 Å². The van der Waals surface area contributed by atoms with Gasteiger partial charge in [-0.1, -0.05) is 69.2 Å². The smallest absolute Gasteiger partial charge is 0.169 e. The predicted octanol–water partition coefficient (Wildman–Crippen LogP) is 5.61. The molecule has 2 aromatic rings. The van der Waals surface area contributed by atoms with Crippen LogP contribution in [0.4, 0.5) is 0 Å². The minimum atomic E-state index is -0.386. The highest BCUT2D eigenvalue weighted by Crippen LogP contribution is 2.40. The largest absolute Gasteiger partial charge is 0.350 e. The van der Waals surface area contributed by atoms with Crippen LogP contribution in [0.25, 0.3) is 10.8 Å². The fourth-order valence-corrected chi connectivity index (χ4v) is 3.60. The Hall–Kier alpha value is -1.38. The van der Waals surface area contributed by atoms with Crippen molar-refractivity contribution in [1.82, 2.24) is 0 Å². The van der Waals surface area contributed by atoms with Crippen LogP contribution >= 0.6 is 0 Å². The summed E-state index contributed by atoms with van der Waals surface area (Å²) in [6.07, 6.45) is 5.19. The van der Waals surface area contributed by atoms with Crippen molar-refractivity contribution in [3.8, 4) is 0 Å². The lowest BCUT2D eigenvalue weighted by molar-refractivity contribution is -0.302. The maximum absolute atomic E-state index is 6.53. The minimum Gasteiger partial charge on any atom is -0.350 e. The first kappa shape index (κ1) is 15.5. The molecule has 0 spiro atoms. The van der Waals surface area contributed by atoms with Crippen LogP contribution in [-0.2, 0) is 9.47 Å². The molecule has 118 valence electrons. The summed E-state index contributed by atoms with van der Waals surface area (Å²) in [4.78, 5) is 0. The van der Waals surface area contributed by atoms with E-state index in [-0.39, 0.29) is 11.9 Å². The topological polar surface area (TPSA) is 18.5 Å². The number of hydrogen-bond donors (Lipinski definition) is 0. The Bertz CT molecular complexity index is 603. The molecule has 0 radical (unpaired) electrons. The molecule has 0 aromatic heterocycles. The average molecular weight is 298 g/mol. The van der Waals surface area contributed by atoms with Crippen LogP contribution in [0.3, 0.4) is 0 Å². The first-order valence-electron chi connectivity index (χ1n) is 8.57. The second-order valence-corrected chi connectivity index (χ2v) is 6.22. The molecule has 3 rings (SSSR count).